The van der Waals surface area contributed by atoms with Crippen LogP contribution in [0.3, 0.4) is 0 Å². The third-order valence-electron chi connectivity index (χ3n) is 8.68. The molecule has 1 aliphatic carbocycles. The molecule has 1 atom stereocenters. The van der Waals surface area contributed by atoms with Gasteiger partial charge in [-0.2, -0.15) is 13.2 Å². The Labute approximate surface area is 253 Å². The number of hydrogen-bond acceptors (Lipinski definition) is 5. The number of alkyl halides is 3. The van der Waals surface area contributed by atoms with Gasteiger partial charge in [-0.15, -0.1) is 0 Å². The van der Waals surface area contributed by atoms with Crippen LogP contribution in [0.5, 0.6) is 0 Å². The molecular formula is C33H47F3N4O3. The molecular weight excluding hydrogens is 557 g/mol. The van der Waals surface area contributed by atoms with E-state index in [0.717, 1.165) is 43.7 Å². The van der Waals surface area contributed by atoms with E-state index < -0.39 is 22.4 Å². The summed E-state index contributed by atoms with van der Waals surface area (Å²) in [5.41, 5.74) is 1.34. The molecule has 2 fully saturated rings. The van der Waals surface area contributed by atoms with E-state index in [1.165, 1.54) is 36.7 Å². The number of benzene rings is 2. The van der Waals surface area contributed by atoms with Crippen molar-refractivity contribution in [2.24, 2.45) is 11.8 Å². The van der Waals surface area contributed by atoms with Gasteiger partial charge in [-0.05, 0) is 99.5 Å². The number of nitro groups is 1. The van der Waals surface area contributed by atoms with Crippen LogP contribution < -0.4 is 15.5 Å². The number of carbonyl (C=O) groups is 1. The summed E-state index contributed by atoms with van der Waals surface area (Å²) in [7, 11) is 0. The van der Waals surface area contributed by atoms with Crippen LogP contribution >= 0.6 is 0 Å². The number of amides is 1. The molecule has 1 aliphatic heterocycles. The Hall–Kier alpha value is -3.30. The quantitative estimate of drug-likeness (QED) is 0.189. The summed E-state index contributed by atoms with van der Waals surface area (Å²) in [6, 6.07) is 12.2. The van der Waals surface area contributed by atoms with Gasteiger partial charge in [0, 0.05) is 42.1 Å². The topological polar surface area (TPSA) is 87.5 Å². The Kier molecular flexibility index (Phi) is 11.1. The standard InChI is InChI=1S/C18H29N.C15H18F3N3O3/c1-14-11-12-19(18(5,6)13-14)16-9-7-15(8-10-16)17(2,3)4;16-15(17,18)13-7-12(5-6-14(13)21(23)24)20-11-3-1-10(2-4-11)8-19-9-22/h7-10,14H,11-13H2,1-6H3;5-7,9-11,20H,1-4,8H2,(H,19,22). The summed E-state index contributed by atoms with van der Waals surface area (Å²) in [5.74, 6) is 1.22. The molecule has 1 amide bonds. The highest BCUT2D eigenvalue weighted by atomic mass is 19.4. The minimum absolute atomic E-state index is 0.0139. The first-order valence-corrected chi connectivity index (χ1v) is 15.2. The van der Waals surface area contributed by atoms with Crippen LogP contribution in [0.25, 0.3) is 0 Å². The molecule has 10 heteroatoms. The molecule has 4 rings (SSSR count). The van der Waals surface area contributed by atoms with Crippen molar-refractivity contribution in [2.45, 2.75) is 103 Å². The molecule has 2 aromatic carbocycles. The third kappa shape index (κ3) is 9.60. The molecule has 2 aromatic rings. The number of halogens is 3. The monoisotopic (exact) mass is 604 g/mol. The van der Waals surface area contributed by atoms with Crippen LogP contribution in [-0.2, 0) is 16.4 Å². The first kappa shape index (κ1) is 34.2. The fourth-order valence-electron chi connectivity index (χ4n) is 6.31. The van der Waals surface area contributed by atoms with Crippen molar-refractivity contribution in [3.63, 3.8) is 0 Å². The van der Waals surface area contributed by atoms with E-state index in [1.807, 2.05) is 0 Å². The number of anilines is 2. The lowest BCUT2D eigenvalue weighted by atomic mass is 9.83. The minimum Gasteiger partial charge on any atom is -0.382 e. The van der Waals surface area contributed by atoms with Crippen LogP contribution in [0.2, 0.25) is 0 Å². The zero-order valence-corrected chi connectivity index (χ0v) is 26.3. The third-order valence-corrected chi connectivity index (χ3v) is 8.68. The van der Waals surface area contributed by atoms with Crippen LogP contribution in [0.4, 0.5) is 30.2 Å². The number of nitrogens with one attached hydrogen (secondary N) is 2. The summed E-state index contributed by atoms with van der Waals surface area (Å²) in [6.07, 6.45) is 1.72. The fraction of sp³-hybridized carbons (Fsp3) is 0.606. The van der Waals surface area contributed by atoms with E-state index in [-0.39, 0.29) is 22.7 Å². The Morgan fingerprint density at radius 2 is 1.65 bits per heavy atom. The predicted octanol–water partition coefficient (Wildman–Crippen LogP) is 8.33. The SMILES string of the molecule is CC1CCN(c2ccc(C(C)(C)C)cc2)C(C)(C)C1.O=CNCC1CCC(Nc2ccc([N+](=O)[O-])c(C(F)(F)F)c2)CC1. The van der Waals surface area contributed by atoms with Crippen molar-refractivity contribution in [1.29, 1.82) is 0 Å². The molecule has 2 aliphatic rings. The van der Waals surface area contributed by atoms with Gasteiger partial charge in [0.05, 0.1) is 4.92 Å². The van der Waals surface area contributed by atoms with Gasteiger partial charge in [0.25, 0.3) is 5.69 Å². The number of nitrogens with zero attached hydrogens (tertiary/aromatic N) is 2. The predicted molar refractivity (Wildman–Crippen MR) is 166 cm³/mol. The second kappa shape index (κ2) is 14.0. The van der Waals surface area contributed by atoms with E-state index >= 15 is 0 Å². The van der Waals surface area contributed by atoms with Crippen molar-refractivity contribution in [2.75, 3.05) is 23.3 Å². The lowest BCUT2D eigenvalue weighted by Crippen LogP contribution is -2.49. The van der Waals surface area contributed by atoms with Gasteiger partial charge in [-0.25, -0.2) is 0 Å². The summed E-state index contributed by atoms with van der Waals surface area (Å²) >= 11 is 0. The number of piperidine rings is 1. The van der Waals surface area contributed by atoms with Gasteiger partial charge in [0.1, 0.15) is 5.56 Å². The Morgan fingerprint density at radius 3 is 2.16 bits per heavy atom. The highest BCUT2D eigenvalue weighted by Crippen LogP contribution is 2.39. The van der Waals surface area contributed by atoms with Crippen molar-refractivity contribution in [3.05, 3.63) is 63.7 Å². The van der Waals surface area contributed by atoms with Gasteiger partial charge in [0.2, 0.25) is 6.41 Å². The van der Waals surface area contributed by atoms with Gasteiger partial charge in [0.15, 0.2) is 0 Å². The minimum atomic E-state index is -4.78. The van der Waals surface area contributed by atoms with Gasteiger partial charge >= 0.3 is 6.18 Å². The summed E-state index contributed by atoms with van der Waals surface area (Å²) in [5, 5.41) is 16.4. The zero-order valence-electron chi connectivity index (χ0n) is 26.3. The Bertz CT molecular complexity index is 1220. The Balaban J connectivity index is 0.000000242. The van der Waals surface area contributed by atoms with Crippen molar-refractivity contribution < 1.29 is 22.9 Å². The summed E-state index contributed by atoms with van der Waals surface area (Å²) < 4.78 is 38.9. The lowest BCUT2D eigenvalue weighted by molar-refractivity contribution is -0.388. The molecule has 43 heavy (non-hydrogen) atoms. The van der Waals surface area contributed by atoms with E-state index in [4.69, 9.17) is 0 Å². The second-order valence-electron chi connectivity index (χ2n) is 13.7. The van der Waals surface area contributed by atoms with Crippen molar-refractivity contribution >= 4 is 23.5 Å². The number of hydrogen-bond donors (Lipinski definition) is 2. The molecule has 0 bridgehead atoms. The van der Waals surface area contributed by atoms with E-state index in [1.54, 1.807) is 0 Å². The van der Waals surface area contributed by atoms with E-state index in [9.17, 15) is 28.1 Å². The van der Waals surface area contributed by atoms with E-state index in [2.05, 4.69) is 81.3 Å². The van der Waals surface area contributed by atoms with Gasteiger partial charge in [-0.1, -0.05) is 39.8 Å². The first-order valence-electron chi connectivity index (χ1n) is 15.2. The molecule has 0 aromatic heterocycles. The maximum absolute atomic E-state index is 13.0. The molecule has 7 nitrogen and oxygen atoms in total. The fourth-order valence-corrected chi connectivity index (χ4v) is 6.31. The number of carbonyl (C=O) groups excluding carboxylic acids is 1. The van der Waals surface area contributed by atoms with Crippen LogP contribution in [0.1, 0.15) is 91.2 Å². The number of nitro benzene ring substituents is 1. The maximum atomic E-state index is 13.0. The average molecular weight is 605 g/mol. The molecule has 1 saturated carbocycles. The van der Waals surface area contributed by atoms with Crippen LogP contribution in [-0.4, -0.2) is 36.0 Å². The molecule has 1 saturated heterocycles. The smallest absolute Gasteiger partial charge is 0.382 e. The molecule has 0 spiro atoms. The lowest BCUT2D eigenvalue weighted by Gasteiger charge is -2.46. The normalized spacial score (nSPS) is 22.2. The van der Waals surface area contributed by atoms with Gasteiger partial charge < -0.3 is 15.5 Å². The molecule has 1 unspecified atom stereocenters. The van der Waals surface area contributed by atoms with Crippen molar-refractivity contribution in [1.82, 2.24) is 5.32 Å². The zero-order chi connectivity index (χ0) is 32.0. The average Bonchev–Trinajstić information content (AvgIpc) is 2.91. The molecule has 2 N–H and O–H groups in total. The van der Waals surface area contributed by atoms with E-state index in [0.29, 0.717) is 18.9 Å². The summed E-state index contributed by atoms with van der Waals surface area (Å²) in [4.78, 5) is 22.6. The molecule has 0 radical (unpaired) electrons. The first-order chi connectivity index (χ1) is 20.0. The highest BCUT2D eigenvalue weighted by molar-refractivity contribution is 5.56. The van der Waals surface area contributed by atoms with Crippen LogP contribution in [0, 0.1) is 22.0 Å². The molecule has 238 valence electrons. The highest BCUT2D eigenvalue weighted by Gasteiger charge is 2.38. The van der Waals surface area contributed by atoms with Crippen LogP contribution in [0.15, 0.2) is 42.5 Å². The maximum Gasteiger partial charge on any atom is 0.423 e. The van der Waals surface area contributed by atoms with Crippen molar-refractivity contribution in [3.8, 4) is 0 Å². The molecule has 1 heterocycles. The summed E-state index contributed by atoms with van der Waals surface area (Å²) in [6.45, 7) is 15.7. The largest absolute Gasteiger partial charge is 0.423 e. The Morgan fingerprint density at radius 1 is 1.02 bits per heavy atom. The number of rotatable bonds is 7. The second-order valence-corrected chi connectivity index (χ2v) is 13.7. The van der Waals surface area contributed by atoms with Gasteiger partial charge in [-0.3, -0.25) is 14.9 Å².